The van der Waals surface area contributed by atoms with Gasteiger partial charge in [0.25, 0.3) is 0 Å². The molecule has 1 aromatic carbocycles. The van der Waals surface area contributed by atoms with E-state index in [2.05, 4.69) is 23.9 Å². The Morgan fingerprint density at radius 1 is 1.11 bits per heavy atom. The third-order valence-electron chi connectivity index (χ3n) is 3.66. The molecule has 0 unspecified atom stereocenters. The van der Waals surface area contributed by atoms with E-state index in [0.29, 0.717) is 5.69 Å². The molecule has 0 aliphatic rings. The predicted octanol–water partition coefficient (Wildman–Crippen LogP) is 2.93. The van der Waals surface area contributed by atoms with Crippen molar-refractivity contribution < 1.29 is 0 Å². The van der Waals surface area contributed by atoms with E-state index in [1.807, 2.05) is 35.9 Å². The van der Waals surface area contributed by atoms with Gasteiger partial charge in [-0.2, -0.15) is 5.10 Å². The Kier molecular flexibility index (Phi) is 2.52. The summed E-state index contributed by atoms with van der Waals surface area (Å²) >= 11 is 0. The third kappa shape index (κ3) is 1.68. The first kappa shape index (κ1) is 11.7. The lowest BCUT2D eigenvalue weighted by molar-refractivity contribution is 0.839. The lowest BCUT2D eigenvalue weighted by atomic mass is 10.1. The first-order chi connectivity index (χ1) is 9.09. The van der Waals surface area contributed by atoms with Crippen molar-refractivity contribution in [3.8, 4) is 5.69 Å². The monoisotopic (exact) mass is 252 g/mol. The van der Waals surface area contributed by atoms with Crippen LogP contribution in [0.1, 0.15) is 17.0 Å². The zero-order valence-electron chi connectivity index (χ0n) is 11.3. The molecule has 3 rings (SSSR count). The van der Waals surface area contributed by atoms with Crippen molar-refractivity contribution in [2.75, 3.05) is 5.73 Å². The summed E-state index contributed by atoms with van der Waals surface area (Å²) in [5.41, 5.74) is 11.9. The number of anilines is 1. The molecule has 96 valence electrons. The van der Waals surface area contributed by atoms with Gasteiger partial charge in [-0.15, -0.1) is 0 Å². The van der Waals surface area contributed by atoms with Crippen LogP contribution in [0.15, 0.2) is 30.5 Å². The molecule has 2 aromatic heterocycles. The van der Waals surface area contributed by atoms with Gasteiger partial charge < -0.3 is 5.73 Å². The Balaban J connectivity index is 2.37. The summed E-state index contributed by atoms with van der Waals surface area (Å²) in [6.45, 7) is 6.19. The second-order valence-corrected chi connectivity index (χ2v) is 4.78. The molecular formula is C15H16N4. The fourth-order valence-electron chi connectivity index (χ4n) is 2.32. The van der Waals surface area contributed by atoms with Crippen molar-refractivity contribution in [2.24, 2.45) is 0 Å². The average molecular weight is 252 g/mol. The van der Waals surface area contributed by atoms with Gasteiger partial charge in [0.15, 0.2) is 0 Å². The van der Waals surface area contributed by atoms with Crippen LogP contribution in [0.5, 0.6) is 0 Å². The minimum Gasteiger partial charge on any atom is -0.397 e. The summed E-state index contributed by atoms with van der Waals surface area (Å²) in [6, 6.07) is 7.83. The standard InChI is InChI=1S/C15H16N4/c1-9-10(2)18-19(11(9)3)14-7-6-13(16)15-12(14)5-4-8-17-15/h4-8H,16H2,1-3H3. The molecule has 0 amide bonds. The van der Waals surface area contributed by atoms with Crippen molar-refractivity contribution in [3.63, 3.8) is 0 Å². The van der Waals surface area contributed by atoms with E-state index in [0.717, 1.165) is 28.0 Å². The lowest BCUT2D eigenvalue weighted by Crippen LogP contribution is -2.02. The van der Waals surface area contributed by atoms with Crippen molar-refractivity contribution in [1.29, 1.82) is 0 Å². The van der Waals surface area contributed by atoms with E-state index in [1.165, 1.54) is 5.56 Å². The molecule has 0 radical (unpaired) electrons. The van der Waals surface area contributed by atoms with Crippen LogP contribution in [0, 0.1) is 20.8 Å². The highest BCUT2D eigenvalue weighted by atomic mass is 15.3. The van der Waals surface area contributed by atoms with Crippen LogP contribution in [-0.4, -0.2) is 14.8 Å². The van der Waals surface area contributed by atoms with Crippen molar-refractivity contribution in [3.05, 3.63) is 47.4 Å². The highest BCUT2D eigenvalue weighted by molar-refractivity contribution is 5.95. The van der Waals surface area contributed by atoms with Gasteiger partial charge >= 0.3 is 0 Å². The largest absolute Gasteiger partial charge is 0.397 e. The van der Waals surface area contributed by atoms with Crippen LogP contribution in [0.25, 0.3) is 16.6 Å². The van der Waals surface area contributed by atoms with Crippen molar-refractivity contribution in [1.82, 2.24) is 14.8 Å². The lowest BCUT2D eigenvalue weighted by Gasteiger charge is -2.10. The molecule has 2 heterocycles. The summed E-state index contributed by atoms with van der Waals surface area (Å²) in [5.74, 6) is 0. The maximum Gasteiger partial charge on any atom is 0.0952 e. The number of benzene rings is 1. The normalized spacial score (nSPS) is 11.1. The maximum absolute atomic E-state index is 5.98. The average Bonchev–Trinajstić information content (AvgIpc) is 2.67. The first-order valence-electron chi connectivity index (χ1n) is 6.26. The molecule has 0 bridgehead atoms. The van der Waals surface area contributed by atoms with Crippen LogP contribution < -0.4 is 5.73 Å². The third-order valence-corrected chi connectivity index (χ3v) is 3.66. The van der Waals surface area contributed by atoms with Crippen LogP contribution >= 0.6 is 0 Å². The second-order valence-electron chi connectivity index (χ2n) is 4.78. The Morgan fingerprint density at radius 2 is 1.89 bits per heavy atom. The number of aromatic nitrogens is 3. The number of pyridine rings is 1. The Morgan fingerprint density at radius 3 is 2.58 bits per heavy atom. The van der Waals surface area contributed by atoms with E-state index < -0.39 is 0 Å². The molecule has 19 heavy (non-hydrogen) atoms. The molecule has 4 heteroatoms. The van der Waals surface area contributed by atoms with Gasteiger partial charge in [-0.3, -0.25) is 4.98 Å². The second kappa shape index (κ2) is 4.09. The smallest absolute Gasteiger partial charge is 0.0952 e. The van der Waals surface area contributed by atoms with Crippen molar-refractivity contribution in [2.45, 2.75) is 20.8 Å². The van der Waals surface area contributed by atoms with E-state index >= 15 is 0 Å². The molecule has 0 saturated heterocycles. The first-order valence-corrected chi connectivity index (χ1v) is 6.26. The number of nitrogens with two attached hydrogens (primary N) is 1. The molecule has 0 atom stereocenters. The highest BCUT2D eigenvalue weighted by Gasteiger charge is 2.12. The summed E-state index contributed by atoms with van der Waals surface area (Å²) in [5, 5.41) is 5.63. The Labute approximate surface area is 111 Å². The van der Waals surface area contributed by atoms with Gasteiger partial charge in [0, 0.05) is 17.3 Å². The molecule has 3 aromatic rings. The van der Waals surface area contributed by atoms with Gasteiger partial charge in [-0.1, -0.05) is 0 Å². The fourth-order valence-corrected chi connectivity index (χ4v) is 2.32. The molecule has 0 fully saturated rings. The van der Waals surface area contributed by atoms with Gasteiger partial charge in [0.1, 0.15) is 0 Å². The van der Waals surface area contributed by atoms with Gasteiger partial charge in [0.2, 0.25) is 0 Å². The fraction of sp³-hybridized carbons (Fsp3) is 0.200. The van der Waals surface area contributed by atoms with Crippen LogP contribution in [0.4, 0.5) is 5.69 Å². The molecule has 0 saturated carbocycles. The van der Waals surface area contributed by atoms with E-state index in [4.69, 9.17) is 5.73 Å². The number of nitrogens with zero attached hydrogens (tertiary/aromatic N) is 3. The van der Waals surface area contributed by atoms with Crippen molar-refractivity contribution >= 4 is 16.6 Å². The van der Waals surface area contributed by atoms with E-state index in [9.17, 15) is 0 Å². The van der Waals surface area contributed by atoms with E-state index in [-0.39, 0.29) is 0 Å². The Hall–Kier alpha value is -2.36. The van der Waals surface area contributed by atoms with Gasteiger partial charge in [-0.05, 0) is 50.6 Å². The summed E-state index contributed by atoms with van der Waals surface area (Å²) in [4.78, 5) is 4.36. The van der Waals surface area contributed by atoms with Crippen LogP contribution in [0.3, 0.4) is 0 Å². The Bertz CT molecular complexity index is 771. The predicted molar refractivity (Wildman–Crippen MR) is 77.5 cm³/mol. The molecular weight excluding hydrogens is 236 g/mol. The van der Waals surface area contributed by atoms with Gasteiger partial charge in [-0.25, -0.2) is 4.68 Å². The van der Waals surface area contributed by atoms with Gasteiger partial charge in [0.05, 0.1) is 22.6 Å². The number of aryl methyl sites for hydroxylation is 1. The highest BCUT2D eigenvalue weighted by Crippen LogP contribution is 2.27. The minimum atomic E-state index is 0.692. The topological polar surface area (TPSA) is 56.7 Å². The quantitative estimate of drug-likeness (QED) is 0.677. The number of fused-ring (bicyclic) bond motifs is 1. The van der Waals surface area contributed by atoms with Crippen LogP contribution in [-0.2, 0) is 0 Å². The molecule has 4 nitrogen and oxygen atoms in total. The van der Waals surface area contributed by atoms with E-state index in [1.54, 1.807) is 6.20 Å². The summed E-state index contributed by atoms with van der Waals surface area (Å²) in [7, 11) is 0. The summed E-state index contributed by atoms with van der Waals surface area (Å²) < 4.78 is 1.97. The number of hydrogen-bond acceptors (Lipinski definition) is 3. The SMILES string of the molecule is Cc1nn(-c2ccc(N)c3ncccc23)c(C)c1C. The maximum atomic E-state index is 5.98. The van der Waals surface area contributed by atoms with Crippen LogP contribution in [0.2, 0.25) is 0 Å². The minimum absolute atomic E-state index is 0.692. The zero-order valence-corrected chi connectivity index (χ0v) is 11.3. The molecule has 0 spiro atoms. The zero-order chi connectivity index (χ0) is 13.6. The summed E-state index contributed by atoms with van der Waals surface area (Å²) in [6.07, 6.45) is 1.76. The molecule has 2 N–H and O–H groups in total. The molecule has 0 aliphatic heterocycles. The number of rotatable bonds is 1. The number of nitrogen functional groups attached to an aromatic ring is 1. The number of hydrogen-bond donors (Lipinski definition) is 1. The molecule has 0 aliphatic carbocycles.